The summed E-state index contributed by atoms with van der Waals surface area (Å²) in [5, 5.41) is 9.01. The summed E-state index contributed by atoms with van der Waals surface area (Å²) >= 11 is 0. The summed E-state index contributed by atoms with van der Waals surface area (Å²) in [7, 11) is 0. The molecule has 1 saturated heterocycles. The number of nitrogens with zero attached hydrogens (tertiary/aromatic N) is 3. The molecule has 3 N–H and O–H groups in total. The minimum Gasteiger partial charge on any atom is -0.480 e. The largest absolute Gasteiger partial charge is 0.480 e. The third-order valence-corrected chi connectivity index (χ3v) is 2.84. The Morgan fingerprint density at radius 1 is 1.62 bits per heavy atom. The van der Waals surface area contributed by atoms with Gasteiger partial charge < -0.3 is 15.7 Å². The van der Waals surface area contributed by atoms with E-state index in [9.17, 15) is 4.79 Å². The quantitative estimate of drug-likeness (QED) is 0.718. The lowest BCUT2D eigenvalue weighted by molar-refractivity contribution is -0.142. The molecule has 0 bridgehead atoms. The molecule has 1 aromatic heterocycles. The summed E-state index contributed by atoms with van der Waals surface area (Å²) in [6.07, 6.45) is 1.91. The first-order valence-corrected chi connectivity index (χ1v) is 5.07. The van der Waals surface area contributed by atoms with E-state index in [2.05, 4.69) is 9.97 Å². The smallest absolute Gasteiger partial charge is 0.325 e. The molecule has 1 fully saturated rings. The van der Waals surface area contributed by atoms with Crippen molar-refractivity contribution >= 4 is 11.8 Å². The molecule has 86 valence electrons. The first-order valence-electron chi connectivity index (χ1n) is 5.07. The van der Waals surface area contributed by atoms with E-state index in [1.807, 2.05) is 17.9 Å². The van der Waals surface area contributed by atoms with Gasteiger partial charge in [0, 0.05) is 24.8 Å². The Balaban J connectivity index is 2.18. The molecule has 0 amide bonds. The van der Waals surface area contributed by atoms with Gasteiger partial charge in [0.2, 0.25) is 0 Å². The van der Waals surface area contributed by atoms with Crippen molar-refractivity contribution in [2.75, 3.05) is 18.0 Å². The molecule has 0 aliphatic carbocycles. The van der Waals surface area contributed by atoms with Gasteiger partial charge in [-0.2, -0.15) is 0 Å². The minimum atomic E-state index is -1.15. The van der Waals surface area contributed by atoms with Crippen molar-refractivity contribution in [3.63, 3.8) is 0 Å². The van der Waals surface area contributed by atoms with E-state index in [1.165, 1.54) is 6.33 Å². The van der Waals surface area contributed by atoms with Gasteiger partial charge in [0.25, 0.3) is 0 Å². The molecule has 0 spiro atoms. The van der Waals surface area contributed by atoms with Crippen LogP contribution in [0.5, 0.6) is 0 Å². The molecule has 0 saturated carbocycles. The molecule has 1 aromatic rings. The Bertz CT molecular complexity index is 423. The van der Waals surface area contributed by atoms with Crippen LogP contribution in [0, 0.1) is 6.92 Å². The van der Waals surface area contributed by atoms with Crippen molar-refractivity contribution in [3.05, 3.63) is 18.1 Å². The second-order valence-corrected chi connectivity index (χ2v) is 4.15. The number of aliphatic carboxylic acids is 1. The highest BCUT2D eigenvalue weighted by atomic mass is 16.4. The molecule has 1 unspecified atom stereocenters. The van der Waals surface area contributed by atoms with E-state index in [1.54, 1.807) is 0 Å². The van der Waals surface area contributed by atoms with Crippen molar-refractivity contribution in [2.24, 2.45) is 5.73 Å². The van der Waals surface area contributed by atoms with Crippen LogP contribution in [-0.4, -0.2) is 39.7 Å². The lowest BCUT2D eigenvalue weighted by atomic mass is 10.0. The molecule has 0 radical (unpaired) electrons. The van der Waals surface area contributed by atoms with E-state index in [0.717, 1.165) is 11.5 Å². The lowest BCUT2D eigenvalue weighted by Crippen LogP contribution is -2.50. The van der Waals surface area contributed by atoms with Gasteiger partial charge in [-0.3, -0.25) is 4.79 Å². The minimum absolute atomic E-state index is 0.290. The average Bonchev–Trinajstić information content (AvgIpc) is 2.62. The topological polar surface area (TPSA) is 92.3 Å². The van der Waals surface area contributed by atoms with Crippen LogP contribution in [0.15, 0.2) is 12.4 Å². The van der Waals surface area contributed by atoms with E-state index >= 15 is 0 Å². The van der Waals surface area contributed by atoms with Gasteiger partial charge >= 0.3 is 5.97 Å². The highest BCUT2D eigenvalue weighted by Crippen LogP contribution is 2.23. The summed E-state index contributed by atoms with van der Waals surface area (Å²) in [5.74, 6) is -0.221. The summed E-state index contributed by atoms with van der Waals surface area (Å²) in [5.41, 5.74) is 5.49. The number of carbonyl (C=O) groups is 1. The number of aryl methyl sites for hydroxylation is 1. The molecule has 1 aliphatic rings. The zero-order valence-corrected chi connectivity index (χ0v) is 9.05. The molecule has 2 rings (SSSR count). The fraction of sp³-hybridized carbons (Fsp3) is 0.500. The van der Waals surface area contributed by atoms with Gasteiger partial charge in [0.1, 0.15) is 17.7 Å². The average molecular weight is 222 g/mol. The number of rotatable bonds is 2. The number of carboxylic acids is 1. The summed E-state index contributed by atoms with van der Waals surface area (Å²) in [6.45, 7) is 2.77. The van der Waals surface area contributed by atoms with Gasteiger partial charge in [-0.1, -0.05) is 0 Å². The van der Waals surface area contributed by atoms with Crippen molar-refractivity contribution in [2.45, 2.75) is 18.9 Å². The first kappa shape index (κ1) is 10.8. The van der Waals surface area contributed by atoms with Gasteiger partial charge in [-0.05, 0) is 13.3 Å². The zero-order chi connectivity index (χ0) is 11.8. The molecule has 6 nitrogen and oxygen atoms in total. The molecule has 6 heteroatoms. The second kappa shape index (κ2) is 3.71. The molecule has 2 heterocycles. The van der Waals surface area contributed by atoms with Crippen LogP contribution >= 0.6 is 0 Å². The van der Waals surface area contributed by atoms with Gasteiger partial charge in [-0.15, -0.1) is 0 Å². The number of anilines is 1. The Labute approximate surface area is 93.1 Å². The third-order valence-electron chi connectivity index (χ3n) is 2.84. The van der Waals surface area contributed by atoms with Gasteiger partial charge in [-0.25, -0.2) is 9.97 Å². The van der Waals surface area contributed by atoms with Gasteiger partial charge in [0.05, 0.1) is 0 Å². The zero-order valence-electron chi connectivity index (χ0n) is 9.05. The molecule has 1 atom stereocenters. The van der Waals surface area contributed by atoms with Crippen molar-refractivity contribution in [1.82, 2.24) is 9.97 Å². The van der Waals surface area contributed by atoms with E-state index < -0.39 is 11.5 Å². The number of aromatic nitrogens is 2. The molecule has 1 aliphatic heterocycles. The van der Waals surface area contributed by atoms with Crippen LogP contribution < -0.4 is 10.6 Å². The summed E-state index contributed by atoms with van der Waals surface area (Å²) in [4.78, 5) is 21.0. The van der Waals surface area contributed by atoms with Crippen LogP contribution in [0.3, 0.4) is 0 Å². The number of carboxylic acid groups (broad SMARTS) is 1. The Morgan fingerprint density at radius 2 is 2.38 bits per heavy atom. The Hall–Kier alpha value is -1.69. The van der Waals surface area contributed by atoms with E-state index in [0.29, 0.717) is 19.5 Å². The number of hydrogen-bond acceptors (Lipinski definition) is 5. The maximum absolute atomic E-state index is 11.0. The molecule has 16 heavy (non-hydrogen) atoms. The first-order chi connectivity index (χ1) is 7.51. The lowest BCUT2D eigenvalue weighted by Gasteiger charge is -2.20. The molecular formula is C10H14N4O2. The highest BCUT2D eigenvalue weighted by Gasteiger charge is 2.41. The number of hydrogen-bond donors (Lipinski definition) is 2. The van der Waals surface area contributed by atoms with E-state index in [-0.39, 0.29) is 0 Å². The standard InChI is InChI=1S/C10H14N4O2/c1-7-4-8(13-6-12-7)14-3-2-10(11,5-14)9(15)16/h4,6H,2-3,5,11H2,1H3,(H,15,16). The predicted molar refractivity (Wildman–Crippen MR) is 58.2 cm³/mol. The van der Waals surface area contributed by atoms with Crippen molar-refractivity contribution in [1.29, 1.82) is 0 Å². The van der Waals surface area contributed by atoms with Crippen molar-refractivity contribution < 1.29 is 9.90 Å². The number of nitrogens with two attached hydrogens (primary N) is 1. The van der Waals surface area contributed by atoms with Crippen LogP contribution in [-0.2, 0) is 4.79 Å². The molecule has 0 aromatic carbocycles. The Kier molecular flexibility index (Phi) is 2.51. The maximum Gasteiger partial charge on any atom is 0.325 e. The van der Waals surface area contributed by atoms with Crippen molar-refractivity contribution in [3.8, 4) is 0 Å². The third kappa shape index (κ3) is 1.83. The summed E-state index contributed by atoms with van der Waals surface area (Å²) in [6, 6.07) is 1.83. The van der Waals surface area contributed by atoms with Crippen LogP contribution in [0.2, 0.25) is 0 Å². The maximum atomic E-state index is 11.0. The highest BCUT2D eigenvalue weighted by molar-refractivity contribution is 5.80. The Morgan fingerprint density at radius 3 is 2.94 bits per heavy atom. The van der Waals surface area contributed by atoms with Gasteiger partial charge in [0.15, 0.2) is 0 Å². The fourth-order valence-electron chi connectivity index (χ4n) is 1.82. The summed E-state index contributed by atoms with van der Waals surface area (Å²) < 4.78 is 0. The SMILES string of the molecule is Cc1cc(N2CCC(N)(C(=O)O)C2)ncn1. The monoisotopic (exact) mass is 222 g/mol. The fourth-order valence-corrected chi connectivity index (χ4v) is 1.82. The second-order valence-electron chi connectivity index (χ2n) is 4.15. The predicted octanol–water partition coefficient (Wildman–Crippen LogP) is -0.223. The van der Waals surface area contributed by atoms with E-state index in [4.69, 9.17) is 10.8 Å². The normalized spacial score (nSPS) is 24.8. The van der Waals surface area contributed by atoms with Crippen LogP contribution in [0.1, 0.15) is 12.1 Å². The van der Waals surface area contributed by atoms with Crippen LogP contribution in [0.4, 0.5) is 5.82 Å². The van der Waals surface area contributed by atoms with Crippen LogP contribution in [0.25, 0.3) is 0 Å². The molecular weight excluding hydrogens is 208 g/mol.